The van der Waals surface area contributed by atoms with Gasteiger partial charge >= 0.3 is 0 Å². The number of hydrogen-bond donors (Lipinski definition) is 1. The lowest BCUT2D eigenvalue weighted by Crippen LogP contribution is -1.84. The summed E-state index contributed by atoms with van der Waals surface area (Å²) in [5, 5.41) is 11.9. The Labute approximate surface area is 109 Å². The minimum absolute atomic E-state index is 0.861. The fourth-order valence-corrected chi connectivity index (χ4v) is 2.78. The Hall–Kier alpha value is -1.33. The lowest BCUT2D eigenvalue weighted by molar-refractivity contribution is 1.01. The van der Waals surface area contributed by atoms with E-state index in [2.05, 4.69) is 39.8 Å². The molecule has 0 radical (unpaired) electrons. The molecule has 0 fully saturated rings. The Morgan fingerprint density at radius 2 is 2.12 bits per heavy atom. The molecule has 0 saturated heterocycles. The number of aromatic nitrogens is 2. The zero-order chi connectivity index (χ0) is 11.9. The molecule has 0 saturated carbocycles. The third-order valence-electron chi connectivity index (χ3n) is 2.03. The van der Waals surface area contributed by atoms with Crippen LogP contribution in [0.15, 0.2) is 40.7 Å². The zero-order valence-electron chi connectivity index (χ0n) is 9.46. The second-order valence-electron chi connectivity index (χ2n) is 3.25. The average Bonchev–Trinajstić information content (AvgIpc) is 2.84. The molecule has 5 heteroatoms. The minimum atomic E-state index is 0.861. The van der Waals surface area contributed by atoms with Crippen LogP contribution in [0.25, 0.3) is 6.08 Å². The van der Waals surface area contributed by atoms with E-state index in [-0.39, 0.29) is 0 Å². The summed E-state index contributed by atoms with van der Waals surface area (Å²) in [7, 11) is 1.85. The van der Waals surface area contributed by atoms with Crippen molar-refractivity contribution in [2.75, 3.05) is 18.1 Å². The summed E-state index contributed by atoms with van der Waals surface area (Å²) in [5.41, 5.74) is 1.22. The van der Waals surface area contributed by atoms with Crippen LogP contribution in [0.2, 0.25) is 0 Å². The third kappa shape index (κ3) is 3.87. The summed E-state index contributed by atoms with van der Waals surface area (Å²) in [6.45, 7) is 0. The number of thioether (sulfide) groups is 1. The molecular formula is C12H13N3S2. The van der Waals surface area contributed by atoms with Gasteiger partial charge in [-0.1, -0.05) is 65.6 Å². The predicted molar refractivity (Wildman–Crippen MR) is 75.7 cm³/mol. The number of nitrogens with zero attached hydrogens (tertiary/aromatic N) is 2. The summed E-state index contributed by atoms with van der Waals surface area (Å²) >= 11 is 3.27. The van der Waals surface area contributed by atoms with Crippen LogP contribution in [0, 0.1) is 0 Å². The summed E-state index contributed by atoms with van der Waals surface area (Å²) in [4.78, 5) is 0. The predicted octanol–water partition coefficient (Wildman–Crippen LogP) is 3.39. The van der Waals surface area contributed by atoms with Crippen molar-refractivity contribution in [3.8, 4) is 0 Å². The van der Waals surface area contributed by atoms with Gasteiger partial charge in [0, 0.05) is 12.8 Å². The zero-order valence-corrected chi connectivity index (χ0v) is 11.1. The first kappa shape index (κ1) is 12.1. The summed E-state index contributed by atoms with van der Waals surface area (Å²) in [6.07, 6.45) is 4.26. The number of nitrogens with one attached hydrogen (secondary N) is 1. The van der Waals surface area contributed by atoms with Crippen molar-refractivity contribution in [1.82, 2.24) is 10.2 Å². The topological polar surface area (TPSA) is 37.8 Å². The van der Waals surface area contributed by atoms with Crippen LogP contribution in [0.3, 0.4) is 0 Å². The highest BCUT2D eigenvalue weighted by Crippen LogP contribution is 2.25. The Morgan fingerprint density at radius 1 is 1.29 bits per heavy atom. The fraction of sp³-hybridized carbons (Fsp3) is 0.167. The lowest BCUT2D eigenvalue weighted by Gasteiger charge is -1.91. The van der Waals surface area contributed by atoms with Gasteiger partial charge in [0.25, 0.3) is 0 Å². The molecule has 1 aromatic carbocycles. The van der Waals surface area contributed by atoms with Gasteiger partial charge in [0.15, 0.2) is 4.34 Å². The Morgan fingerprint density at radius 3 is 2.82 bits per heavy atom. The van der Waals surface area contributed by atoms with Crippen LogP contribution in [0.4, 0.5) is 5.13 Å². The number of anilines is 1. The third-order valence-corrected chi connectivity index (χ3v) is 4.06. The molecule has 0 aliphatic rings. The number of rotatable bonds is 5. The largest absolute Gasteiger partial charge is 0.363 e. The van der Waals surface area contributed by atoms with E-state index < -0.39 is 0 Å². The molecule has 0 unspecified atom stereocenters. The SMILES string of the molecule is CNc1nnc(SC/C=C/c2ccccc2)s1. The molecule has 0 atom stereocenters. The maximum absolute atomic E-state index is 4.07. The Bertz CT molecular complexity index is 480. The fourth-order valence-electron chi connectivity index (χ4n) is 1.24. The molecule has 2 rings (SSSR count). The van der Waals surface area contributed by atoms with Crippen molar-refractivity contribution < 1.29 is 0 Å². The lowest BCUT2D eigenvalue weighted by atomic mass is 10.2. The number of hydrogen-bond acceptors (Lipinski definition) is 5. The van der Waals surface area contributed by atoms with Crippen LogP contribution >= 0.6 is 23.1 Å². The van der Waals surface area contributed by atoms with Crippen LogP contribution < -0.4 is 5.32 Å². The Balaban J connectivity index is 1.81. The summed E-state index contributed by atoms with van der Waals surface area (Å²) in [6, 6.07) is 10.3. The highest BCUT2D eigenvalue weighted by molar-refractivity contribution is 8.01. The van der Waals surface area contributed by atoms with Crippen molar-refractivity contribution in [1.29, 1.82) is 0 Å². The smallest absolute Gasteiger partial charge is 0.206 e. The molecule has 1 aromatic heterocycles. The maximum Gasteiger partial charge on any atom is 0.206 e. The van der Waals surface area contributed by atoms with Crippen LogP contribution in [0.5, 0.6) is 0 Å². The van der Waals surface area contributed by atoms with Crippen molar-refractivity contribution >= 4 is 34.3 Å². The van der Waals surface area contributed by atoms with Crippen molar-refractivity contribution in [2.24, 2.45) is 0 Å². The van der Waals surface area contributed by atoms with Gasteiger partial charge in [-0.3, -0.25) is 0 Å². The van der Waals surface area contributed by atoms with Gasteiger partial charge in [-0.15, -0.1) is 10.2 Å². The quantitative estimate of drug-likeness (QED) is 0.839. The first-order valence-electron chi connectivity index (χ1n) is 5.24. The van der Waals surface area contributed by atoms with E-state index in [1.54, 1.807) is 23.1 Å². The molecule has 0 aliphatic heterocycles. The molecule has 0 aliphatic carbocycles. The molecule has 0 amide bonds. The standard InChI is InChI=1S/C12H13N3S2/c1-13-11-14-15-12(17-11)16-9-5-8-10-6-3-2-4-7-10/h2-8H,9H2,1H3,(H,13,14)/b8-5+. The van der Waals surface area contributed by atoms with Crippen LogP contribution in [-0.2, 0) is 0 Å². The highest BCUT2D eigenvalue weighted by atomic mass is 32.2. The molecule has 1 heterocycles. The summed E-state index contributed by atoms with van der Waals surface area (Å²) < 4.78 is 0.993. The van der Waals surface area contributed by atoms with Crippen molar-refractivity contribution in [3.05, 3.63) is 42.0 Å². The van der Waals surface area contributed by atoms with Gasteiger partial charge in [-0.25, -0.2) is 0 Å². The van der Waals surface area contributed by atoms with Gasteiger partial charge < -0.3 is 5.32 Å². The van der Waals surface area contributed by atoms with E-state index in [1.807, 2.05) is 25.2 Å². The van der Waals surface area contributed by atoms with Crippen LogP contribution in [0.1, 0.15) is 5.56 Å². The molecule has 88 valence electrons. The highest BCUT2D eigenvalue weighted by Gasteiger charge is 2.00. The average molecular weight is 263 g/mol. The van der Waals surface area contributed by atoms with Crippen molar-refractivity contribution in [3.63, 3.8) is 0 Å². The number of benzene rings is 1. The molecular weight excluding hydrogens is 250 g/mol. The van der Waals surface area contributed by atoms with E-state index in [0.29, 0.717) is 0 Å². The molecule has 2 aromatic rings. The first-order chi connectivity index (χ1) is 8.38. The molecule has 0 spiro atoms. The molecule has 0 bridgehead atoms. The second-order valence-corrected chi connectivity index (χ2v) is 5.49. The van der Waals surface area contributed by atoms with E-state index in [4.69, 9.17) is 0 Å². The van der Waals surface area contributed by atoms with E-state index in [1.165, 1.54) is 5.56 Å². The van der Waals surface area contributed by atoms with Gasteiger partial charge in [0.1, 0.15) is 0 Å². The molecule has 3 nitrogen and oxygen atoms in total. The van der Waals surface area contributed by atoms with E-state index >= 15 is 0 Å². The van der Waals surface area contributed by atoms with Gasteiger partial charge in [0.2, 0.25) is 5.13 Å². The second kappa shape index (κ2) is 6.42. The van der Waals surface area contributed by atoms with Gasteiger partial charge in [-0.2, -0.15) is 0 Å². The van der Waals surface area contributed by atoms with Crippen LogP contribution in [-0.4, -0.2) is 23.0 Å². The molecule has 1 N–H and O–H groups in total. The van der Waals surface area contributed by atoms with E-state index in [0.717, 1.165) is 15.2 Å². The first-order valence-corrected chi connectivity index (χ1v) is 7.04. The minimum Gasteiger partial charge on any atom is -0.363 e. The normalized spacial score (nSPS) is 10.9. The summed E-state index contributed by atoms with van der Waals surface area (Å²) in [5.74, 6) is 0.910. The van der Waals surface area contributed by atoms with Crippen molar-refractivity contribution in [2.45, 2.75) is 4.34 Å². The molecule has 17 heavy (non-hydrogen) atoms. The maximum atomic E-state index is 4.07. The van der Waals surface area contributed by atoms with E-state index in [9.17, 15) is 0 Å². The van der Waals surface area contributed by atoms with Gasteiger partial charge in [-0.05, 0) is 5.56 Å². The monoisotopic (exact) mass is 263 g/mol. The van der Waals surface area contributed by atoms with Gasteiger partial charge in [0.05, 0.1) is 0 Å². The Kier molecular flexibility index (Phi) is 4.58.